The fourth-order valence-electron chi connectivity index (χ4n) is 3.15. The van der Waals surface area contributed by atoms with E-state index in [1.807, 2.05) is 45.7 Å². The van der Waals surface area contributed by atoms with E-state index in [1.54, 1.807) is 12.1 Å². The number of para-hydroxylation sites is 1. The summed E-state index contributed by atoms with van der Waals surface area (Å²) in [6, 6.07) is 6.68. The fraction of sp³-hybridized carbons (Fsp3) is 0.625. The van der Waals surface area contributed by atoms with E-state index in [4.69, 9.17) is 4.74 Å². The van der Waals surface area contributed by atoms with Crippen molar-refractivity contribution < 1.29 is 14.2 Å². The maximum atomic E-state index is 13.8. The molecule has 1 aliphatic heterocycles. The Morgan fingerprint density at radius 1 is 1.20 bits per heavy atom. The number of benzene rings is 1. The minimum Gasteiger partial charge on any atom is -0.390 e. The Labute approximate surface area is 120 Å². The lowest BCUT2D eigenvalue weighted by molar-refractivity contribution is -0.0906. The number of rotatable bonds is 3. The highest BCUT2D eigenvalue weighted by atomic mass is 19.1. The first-order chi connectivity index (χ1) is 9.15. The number of halogens is 1. The summed E-state index contributed by atoms with van der Waals surface area (Å²) in [6.07, 6.45) is -0.577. The summed E-state index contributed by atoms with van der Waals surface area (Å²) >= 11 is 0. The average Bonchev–Trinajstić information content (AvgIpc) is 2.48. The highest BCUT2D eigenvalue weighted by molar-refractivity contribution is 5.47. The van der Waals surface area contributed by atoms with Crippen LogP contribution < -0.4 is 4.90 Å². The minimum atomic E-state index is -0.579. The van der Waals surface area contributed by atoms with Gasteiger partial charge in [-0.1, -0.05) is 12.1 Å². The summed E-state index contributed by atoms with van der Waals surface area (Å²) in [4.78, 5) is 1.84. The molecule has 20 heavy (non-hydrogen) atoms. The molecule has 1 saturated heterocycles. The molecular weight excluding hydrogens is 257 g/mol. The maximum absolute atomic E-state index is 13.8. The molecule has 2 unspecified atom stereocenters. The zero-order valence-corrected chi connectivity index (χ0v) is 12.9. The van der Waals surface area contributed by atoms with E-state index in [9.17, 15) is 9.50 Å². The van der Waals surface area contributed by atoms with Gasteiger partial charge in [-0.3, -0.25) is 0 Å². The molecule has 1 aliphatic rings. The van der Waals surface area contributed by atoms with Gasteiger partial charge in [0.15, 0.2) is 0 Å². The van der Waals surface area contributed by atoms with E-state index >= 15 is 0 Å². The van der Waals surface area contributed by atoms with Gasteiger partial charge in [-0.05, 0) is 39.8 Å². The van der Waals surface area contributed by atoms with Gasteiger partial charge in [0.1, 0.15) is 5.82 Å². The van der Waals surface area contributed by atoms with Crippen molar-refractivity contribution in [1.29, 1.82) is 0 Å². The molecule has 0 spiro atoms. The van der Waals surface area contributed by atoms with Crippen LogP contribution in [0.5, 0.6) is 0 Å². The maximum Gasteiger partial charge on any atom is 0.146 e. The lowest BCUT2D eigenvalue weighted by Crippen LogP contribution is -2.42. The lowest BCUT2D eigenvalue weighted by Gasteiger charge is -2.31. The highest BCUT2D eigenvalue weighted by Gasteiger charge is 2.53. The molecule has 3 nitrogen and oxygen atoms in total. The second kappa shape index (κ2) is 5.01. The van der Waals surface area contributed by atoms with Crippen LogP contribution in [0.2, 0.25) is 0 Å². The predicted octanol–water partition coefficient (Wildman–Crippen LogP) is 2.83. The molecule has 0 bridgehead atoms. The predicted molar refractivity (Wildman–Crippen MR) is 78.4 cm³/mol. The molecule has 2 rings (SSSR count). The Balaban J connectivity index is 2.19. The second-order valence-electron chi connectivity index (χ2n) is 6.69. The highest BCUT2D eigenvalue weighted by Crippen LogP contribution is 2.42. The molecule has 1 fully saturated rings. The molecule has 0 radical (unpaired) electrons. The normalized spacial score (nSPS) is 27.6. The topological polar surface area (TPSA) is 32.7 Å². The number of anilines is 1. The van der Waals surface area contributed by atoms with Crippen LogP contribution in [0.15, 0.2) is 24.3 Å². The molecule has 0 aromatic heterocycles. The molecule has 1 aromatic carbocycles. The van der Waals surface area contributed by atoms with Crippen LogP contribution in [0.4, 0.5) is 10.1 Å². The Bertz CT molecular complexity index is 487. The third-order valence-electron chi connectivity index (χ3n) is 4.25. The van der Waals surface area contributed by atoms with Gasteiger partial charge in [0.05, 0.1) is 23.0 Å². The van der Waals surface area contributed by atoms with Crippen LogP contribution in [-0.2, 0) is 4.74 Å². The standard InChI is InChI=1S/C16H24FNO2/c1-15(2)11(14(19)16(3,4)20-15)10-18(5)13-9-7-6-8-12(13)17/h6-9,11,14,19H,10H2,1-5H3. The molecule has 1 heterocycles. The van der Waals surface area contributed by atoms with Crippen LogP contribution in [-0.4, -0.2) is 36.0 Å². The van der Waals surface area contributed by atoms with Gasteiger partial charge in [0.25, 0.3) is 0 Å². The van der Waals surface area contributed by atoms with Crippen LogP contribution in [0.1, 0.15) is 27.7 Å². The van der Waals surface area contributed by atoms with Crippen LogP contribution in [0, 0.1) is 11.7 Å². The minimum absolute atomic E-state index is 0.0814. The largest absolute Gasteiger partial charge is 0.390 e. The van der Waals surface area contributed by atoms with Crippen molar-refractivity contribution in [3.05, 3.63) is 30.1 Å². The molecule has 0 aliphatic carbocycles. The number of hydrogen-bond donors (Lipinski definition) is 1. The fourth-order valence-corrected chi connectivity index (χ4v) is 3.15. The van der Waals surface area contributed by atoms with Gasteiger partial charge in [0.2, 0.25) is 0 Å². The smallest absolute Gasteiger partial charge is 0.146 e. The molecule has 4 heteroatoms. The molecule has 0 saturated carbocycles. The molecule has 1 aromatic rings. The zero-order chi connectivity index (χ0) is 15.1. The van der Waals surface area contributed by atoms with E-state index in [-0.39, 0.29) is 11.7 Å². The van der Waals surface area contributed by atoms with Crippen molar-refractivity contribution in [2.24, 2.45) is 5.92 Å². The molecule has 0 amide bonds. The number of nitrogens with zero attached hydrogens (tertiary/aromatic N) is 1. The van der Waals surface area contributed by atoms with E-state index in [2.05, 4.69) is 0 Å². The summed E-state index contributed by atoms with van der Waals surface area (Å²) in [5.41, 5.74) is -0.479. The van der Waals surface area contributed by atoms with Crippen molar-refractivity contribution in [2.45, 2.75) is 45.0 Å². The molecular formula is C16H24FNO2. The van der Waals surface area contributed by atoms with Gasteiger partial charge < -0.3 is 14.7 Å². The molecule has 112 valence electrons. The average molecular weight is 281 g/mol. The molecule has 2 atom stereocenters. The van der Waals surface area contributed by atoms with Crippen LogP contribution in [0.25, 0.3) is 0 Å². The van der Waals surface area contributed by atoms with Crippen molar-refractivity contribution in [3.8, 4) is 0 Å². The Kier molecular flexibility index (Phi) is 3.82. The van der Waals surface area contributed by atoms with Crippen LogP contribution in [0.3, 0.4) is 0 Å². The number of hydrogen-bond acceptors (Lipinski definition) is 3. The molecule has 1 N–H and O–H groups in total. The van der Waals surface area contributed by atoms with Gasteiger partial charge in [-0.25, -0.2) is 4.39 Å². The number of aliphatic hydroxyl groups is 1. The lowest BCUT2D eigenvalue weighted by atomic mass is 9.84. The van der Waals surface area contributed by atoms with Gasteiger partial charge in [-0.15, -0.1) is 0 Å². The second-order valence-corrected chi connectivity index (χ2v) is 6.69. The Hall–Kier alpha value is -1.13. The first kappa shape index (κ1) is 15.3. The third kappa shape index (κ3) is 2.67. The summed E-state index contributed by atoms with van der Waals surface area (Å²) in [7, 11) is 1.84. The van der Waals surface area contributed by atoms with Crippen molar-refractivity contribution in [2.75, 3.05) is 18.5 Å². The van der Waals surface area contributed by atoms with E-state index in [1.165, 1.54) is 6.07 Å². The summed E-state index contributed by atoms with van der Waals surface area (Å²) in [5, 5.41) is 10.5. The summed E-state index contributed by atoms with van der Waals surface area (Å²) in [6.45, 7) is 8.28. The third-order valence-corrected chi connectivity index (χ3v) is 4.25. The summed E-state index contributed by atoms with van der Waals surface area (Å²) in [5.74, 6) is -0.331. The Morgan fingerprint density at radius 3 is 2.30 bits per heavy atom. The number of aliphatic hydroxyl groups excluding tert-OH is 1. The van der Waals surface area contributed by atoms with Gasteiger partial charge >= 0.3 is 0 Å². The van der Waals surface area contributed by atoms with Crippen LogP contribution >= 0.6 is 0 Å². The number of ether oxygens (including phenoxy) is 1. The van der Waals surface area contributed by atoms with Gasteiger partial charge in [0, 0.05) is 19.5 Å². The SMILES string of the molecule is CN(CC1C(O)C(C)(C)OC1(C)C)c1ccccc1F. The van der Waals surface area contributed by atoms with E-state index < -0.39 is 17.3 Å². The Morgan fingerprint density at radius 2 is 1.80 bits per heavy atom. The quantitative estimate of drug-likeness (QED) is 0.924. The van der Waals surface area contributed by atoms with Crippen molar-refractivity contribution in [1.82, 2.24) is 0 Å². The van der Waals surface area contributed by atoms with Gasteiger partial charge in [-0.2, -0.15) is 0 Å². The van der Waals surface area contributed by atoms with Crippen molar-refractivity contribution in [3.63, 3.8) is 0 Å². The monoisotopic (exact) mass is 281 g/mol. The summed E-state index contributed by atoms with van der Waals surface area (Å²) < 4.78 is 19.8. The van der Waals surface area contributed by atoms with E-state index in [0.29, 0.717) is 12.2 Å². The first-order valence-corrected chi connectivity index (χ1v) is 6.99. The zero-order valence-electron chi connectivity index (χ0n) is 12.9. The van der Waals surface area contributed by atoms with Crippen molar-refractivity contribution >= 4 is 5.69 Å². The first-order valence-electron chi connectivity index (χ1n) is 6.99. The van der Waals surface area contributed by atoms with E-state index in [0.717, 1.165) is 0 Å².